The van der Waals surface area contributed by atoms with Crippen LogP contribution in [-0.2, 0) is 14.9 Å². The monoisotopic (exact) mass is 448 g/mol. The summed E-state index contributed by atoms with van der Waals surface area (Å²) in [7, 11) is -2.60. The molecule has 0 bridgehead atoms. The highest BCUT2D eigenvalue weighted by Crippen LogP contribution is 2.32. The number of hydrogen-bond acceptors (Lipinski definition) is 6. The maximum atomic E-state index is 12.9. The van der Waals surface area contributed by atoms with Crippen molar-refractivity contribution < 1.29 is 22.1 Å². The van der Waals surface area contributed by atoms with Gasteiger partial charge in [-0.3, -0.25) is 4.79 Å². The molecule has 1 heterocycles. The number of carbonyl (C=O) groups is 1. The van der Waals surface area contributed by atoms with Crippen LogP contribution in [0.15, 0.2) is 94.4 Å². The Bertz CT molecular complexity index is 1320. The van der Waals surface area contributed by atoms with Crippen LogP contribution >= 0.6 is 0 Å². The highest BCUT2D eigenvalue weighted by Gasteiger charge is 2.28. The molecule has 0 atom stereocenters. The first-order valence-electron chi connectivity index (χ1n) is 9.73. The van der Waals surface area contributed by atoms with Gasteiger partial charge in [0.25, 0.3) is 5.91 Å². The summed E-state index contributed by atoms with van der Waals surface area (Å²) >= 11 is 0. The van der Waals surface area contributed by atoms with Crippen LogP contribution in [0, 0.1) is 0 Å². The number of anilines is 1. The third-order valence-electron chi connectivity index (χ3n) is 4.79. The van der Waals surface area contributed by atoms with Crippen molar-refractivity contribution in [2.45, 2.75) is 11.8 Å². The number of carbonyl (C=O) groups excluding carboxylic acids is 1. The third kappa shape index (κ3) is 4.26. The van der Waals surface area contributed by atoms with E-state index in [4.69, 9.17) is 8.92 Å². The molecule has 0 aromatic heterocycles. The fourth-order valence-electron chi connectivity index (χ4n) is 3.19. The molecule has 1 amide bonds. The SMILES string of the molecule is COc1cc(C=C2C(=O)N(c3ccccc3)N=C2C)ccc1OS(=O)(=O)c1ccccc1. The van der Waals surface area contributed by atoms with Crippen LogP contribution in [0.25, 0.3) is 6.08 Å². The van der Waals surface area contributed by atoms with E-state index in [1.165, 1.54) is 30.3 Å². The summed E-state index contributed by atoms with van der Waals surface area (Å²) < 4.78 is 35.7. The van der Waals surface area contributed by atoms with Crippen LogP contribution < -0.4 is 13.9 Å². The van der Waals surface area contributed by atoms with Crippen molar-refractivity contribution in [2.24, 2.45) is 5.10 Å². The van der Waals surface area contributed by atoms with Gasteiger partial charge in [-0.05, 0) is 55.0 Å². The summed E-state index contributed by atoms with van der Waals surface area (Å²) in [6, 6.07) is 21.7. The second-order valence-electron chi connectivity index (χ2n) is 6.96. The largest absolute Gasteiger partial charge is 0.493 e. The van der Waals surface area contributed by atoms with E-state index in [0.717, 1.165) is 0 Å². The van der Waals surface area contributed by atoms with Gasteiger partial charge in [-0.2, -0.15) is 18.5 Å². The van der Waals surface area contributed by atoms with E-state index in [2.05, 4.69) is 5.10 Å². The van der Waals surface area contributed by atoms with Gasteiger partial charge in [0.15, 0.2) is 11.5 Å². The van der Waals surface area contributed by atoms with Crippen LogP contribution in [0.2, 0.25) is 0 Å². The van der Waals surface area contributed by atoms with Crippen LogP contribution in [-0.4, -0.2) is 27.1 Å². The van der Waals surface area contributed by atoms with Crippen molar-refractivity contribution in [1.82, 2.24) is 0 Å². The first kappa shape index (κ1) is 21.3. The maximum Gasteiger partial charge on any atom is 0.339 e. The van der Waals surface area contributed by atoms with Crippen LogP contribution in [0.3, 0.4) is 0 Å². The van der Waals surface area contributed by atoms with Gasteiger partial charge in [-0.1, -0.05) is 42.5 Å². The van der Waals surface area contributed by atoms with Crippen molar-refractivity contribution in [1.29, 1.82) is 0 Å². The molecule has 162 valence electrons. The molecule has 8 heteroatoms. The van der Waals surface area contributed by atoms with E-state index in [-0.39, 0.29) is 22.3 Å². The minimum atomic E-state index is -4.01. The van der Waals surface area contributed by atoms with Crippen molar-refractivity contribution >= 4 is 33.5 Å². The molecule has 3 aromatic rings. The Morgan fingerprint density at radius 1 is 0.906 bits per heavy atom. The second kappa shape index (κ2) is 8.68. The van der Waals surface area contributed by atoms with Crippen LogP contribution in [0.5, 0.6) is 11.5 Å². The molecule has 1 aliphatic rings. The van der Waals surface area contributed by atoms with Crippen molar-refractivity contribution in [3.8, 4) is 11.5 Å². The molecular weight excluding hydrogens is 428 g/mol. The lowest BCUT2D eigenvalue weighted by molar-refractivity contribution is -0.114. The van der Waals surface area contributed by atoms with Gasteiger partial charge in [0.1, 0.15) is 4.90 Å². The predicted octanol–water partition coefficient (Wildman–Crippen LogP) is 4.27. The number of hydrazone groups is 1. The summed E-state index contributed by atoms with van der Waals surface area (Å²) in [5, 5.41) is 5.71. The molecule has 0 unspecified atom stereocenters. The van der Waals surface area contributed by atoms with E-state index >= 15 is 0 Å². The Kier molecular flexibility index (Phi) is 5.79. The fourth-order valence-corrected chi connectivity index (χ4v) is 4.15. The summed E-state index contributed by atoms with van der Waals surface area (Å²) in [5.74, 6) is 0.0195. The Morgan fingerprint density at radius 3 is 2.22 bits per heavy atom. The Labute approximate surface area is 186 Å². The molecule has 7 nitrogen and oxygen atoms in total. The molecule has 0 N–H and O–H groups in total. The lowest BCUT2D eigenvalue weighted by Crippen LogP contribution is -2.21. The summed E-state index contributed by atoms with van der Waals surface area (Å²) in [6.07, 6.45) is 1.68. The average Bonchev–Trinajstić information content (AvgIpc) is 3.09. The molecule has 3 aromatic carbocycles. The maximum absolute atomic E-state index is 12.9. The zero-order valence-corrected chi connectivity index (χ0v) is 18.2. The molecule has 0 fully saturated rings. The average molecular weight is 449 g/mol. The van der Waals surface area contributed by atoms with Crippen LogP contribution in [0.4, 0.5) is 5.69 Å². The Morgan fingerprint density at radius 2 is 1.56 bits per heavy atom. The van der Waals surface area contributed by atoms with Gasteiger partial charge in [0, 0.05) is 0 Å². The molecule has 0 aliphatic carbocycles. The quantitative estimate of drug-likeness (QED) is 0.415. The van der Waals surface area contributed by atoms with Crippen LogP contribution in [0.1, 0.15) is 12.5 Å². The van der Waals surface area contributed by atoms with E-state index in [1.807, 2.05) is 18.2 Å². The summed E-state index contributed by atoms with van der Waals surface area (Å²) in [4.78, 5) is 12.9. The number of amides is 1. The van der Waals surface area contributed by atoms with Crippen molar-refractivity contribution in [2.75, 3.05) is 12.1 Å². The normalized spacial score (nSPS) is 15.1. The topological polar surface area (TPSA) is 85.3 Å². The highest BCUT2D eigenvalue weighted by molar-refractivity contribution is 7.87. The van der Waals surface area contributed by atoms with Crippen molar-refractivity contribution in [3.05, 3.63) is 90.0 Å². The molecule has 0 saturated carbocycles. The van der Waals surface area contributed by atoms with Gasteiger partial charge < -0.3 is 8.92 Å². The number of benzene rings is 3. The molecule has 1 aliphatic heterocycles. The zero-order chi connectivity index (χ0) is 22.7. The third-order valence-corrected chi connectivity index (χ3v) is 6.04. The Balaban J connectivity index is 1.62. The van der Waals surface area contributed by atoms with E-state index in [9.17, 15) is 13.2 Å². The number of methoxy groups -OCH3 is 1. The molecule has 0 radical (unpaired) electrons. The number of hydrogen-bond donors (Lipinski definition) is 0. The molecule has 4 rings (SSSR count). The molecular formula is C24H20N2O5S. The standard InChI is InChI=1S/C24H20N2O5S/c1-17-21(24(27)26(25-17)19-9-5-3-6-10-19)15-18-13-14-22(23(16-18)30-2)31-32(28,29)20-11-7-4-8-12-20/h3-16H,1-2H3. The van der Waals surface area contributed by atoms with Gasteiger partial charge in [-0.15, -0.1) is 0 Å². The van der Waals surface area contributed by atoms with Crippen molar-refractivity contribution in [3.63, 3.8) is 0 Å². The second-order valence-corrected chi connectivity index (χ2v) is 8.50. The van der Waals surface area contributed by atoms with E-state index in [0.29, 0.717) is 22.5 Å². The van der Waals surface area contributed by atoms with Gasteiger partial charge >= 0.3 is 10.1 Å². The summed E-state index contributed by atoms with van der Waals surface area (Å²) in [5.41, 5.74) is 2.32. The Hall–Kier alpha value is -3.91. The smallest absolute Gasteiger partial charge is 0.339 e. The minimum absolute atomic E-state index is 0.0395. The van der Waals surface area contributed by atoms with Gasteiger partial charge in [-0.25, -0.2) is 0 Å². The first-order chi connectivity index (χ1) is 15.4. The predicted molar refractivity (Wildman–Crippen MR) is 122 cm³/mol. The fraction of sp³-hybridized carbons (Fsp3) is 0.0833. The minimum Gasteiger partial charge on any atom is -0.493 e. The highest BCUT2D eigenvalue weighted by atomic mass is 32.2. The summed E-state index contributed by atoms with van der Waals surface area (Å²) in [6.45, 7) is 1.76. The van der Waals surface area contributed by atoms with E-state index in [1.54, 1.807) is 55.5 Å². The molecule has 0 spiro atoms. The number of nitrogens with zero attached hydrogens (tertiary/aromatic N) is 2. The number of ether oxygens (including phenoxy) is 1. The lowest BCUT2D eigenvalue weighted by Gasteiger charge is -2.12. The number of rotatable bonds is 6. The zero-order valence-electron chi connectivity index (χ0n) is 17.4. The molecule has 32 heavy (non-hydrogen) atoms. The number of para-hydroxylation sites is 1. The lowest BCUT2D eigenvalue weighted by atomic mass is 10.1. The van der Waals surface area contributed by atoms with E-state index < -0.39 is 10.1 Å². The van der Waals surface area contributed by atoms with Gasteiger partial charge in [0.2, 0.25) is 0 Å². The van der Waals surface area contributed by atoms with Gasteiger partial charge in [0.05, 0.1) is 24.1 Å². The molecule has 0 saturated heterocycles. The first-order valence-corrected chi connectivity index (χ1v) is 11.1.